The van der Waals surface area contributed by atoms with Crippen molar-refractivity contribution in [2.75, 3.05) is 6.61 Å². The van der Waals surface area contributed by atoms with Crippen LogP contribution in [0.25, 0.3) is 0 Å². The molecule has 2 nitrogen and oxygen atoms in total. The van der Waals surface area contributed by atoms with Gasteiger partial charge in [0.1, 0.15) is 5.75 Å². The van der Waals surface area contributed by atoms with Crippen molar-refractivity contribution in [2.24, 2.45) is 0 Å². The van der Waals surface area contributed by atoms with Gasteiger partial charge < -0.3 is 9.84 Å². The van der Waals surface area contributed by atoms with E-state index in [4.69, 9.17) is 9.84 Å². The van der Waals surface area contributed by atoms with Crippen LogP contribution in [0.5, 0.6) is 11.5 Å². The Morgan fingerprint density at radius 2 is 2.25 bits per heavy atom. The zero-order chi connectivity index (χ0) is 8.55. The summed E-state index contributed by atoms with van der Waals surface area (Å²) in [7, 11) is 0. The van der Waals surface area contributed by atoms with Crippen molar-refractivity contribution in [1.82, 2.24) is 0 Å². The van der Waals surface area contributed by atoms with Crippen molar-refractivity contribution in [3.8, 4) is 11.5 Å². The fourth-order valence-electron chi connectivity index (χ4n) is 1.36. The molecule has 1 heterocycles. The average molecular weight is 168 g/mol. The minimum Gasteiger partial charge on any atom is -0.505 e. The maximum absolute atomic E-state index is 12.8. The molecular weight excluding hydrogens is 159 g/mol. The van der Waals surface area contributed by atoms with Gasteiger partial charge in [0.15, 0.2) is 11.6 Å². The maximum atomic E-state index is 12.8. The van der Waals surface area contributed by atoms with Gasteiger partial charge in [-0.25, -0.2) is 4.39 Å². The molecule has 64 valence electrons. The van der Waals surface area contributed by atoms with E-state index in [1.54, 1.807) is 0 Å². The molecule has 3 heteroatoms. The molecule has 0 fully saturated rings. The van der Waals surface area contributed by atoms with E-state index in [9.17, 15) is 4.39 Å². The second kappa shape index (κ2) is 2.66. The molecule has 0 radical (unpaired) electrons. The van der Waals surface area contributed by atoms with Crippen LogP contribution in [0.15, 0.2) is 12.1 Å². The summed E-state index contributed by atoms with van der Waals surface area (Å²) in [6, 6.07) is 2.67. The number of halogens is 1. The summed E-state index contributed by atoms with van der Waals surface area (Å²) in [6.07, 6.45) is 1.74. The summed E-state index contributed by atoms with van der Waals surface area (Å²) in [5.74, 6) is -0.296. The molecule has 0 saturated carbocycles. The number of aryl methyl sites for hydroxylation is 1. The molecule has 0 unspecified atom stereocenters. The van der Waals surface area contributed by atoms with E-state index >= 15 is 0 Å². The van der Waals surface area contributed by atoms with Crippen LogP contribution in [-0.2, 0) is 6.42 Å². The monoisotopic (exact) mass is 168 g/mol. The van der Waals surface area contributed by atoms with Gasteiger partial charge in [-0.3, -0.25) is 0 Å². The van der Waals surface area contributed by atoms with Crippen LogP contribution in [0.1, 0.15) is 12.0 Å². The van der Waals surface area contributed by atoms with E-state index in [-0.39, 0.29) is 5.75 Å². The molecule has 0 bridgehead atoms. The van der Waals surface area contributed by atoms with E-state index in [0.717, 1.165) is 18.4 Å². The number of benzene rings is 1. The van der Waals surface area contributed by atoms with Crippen LogP contribution < -0.4 is 4.74 Å². The molecular formula is C9H9FO2. The van der Waals surface area contributed by atoms with Gasteiger partial charge in [-0.05, 0) is 24.5 Å². The summed E-state index contributed by atoms with van der Waals surface area (Å²) in [5, 5.41) is 9.02. The van der Waals surface area contributed by atoms with E-state index in [2.05, 4.69) is 0 Å². The highest BCUT2D eigenvalue weighted by Crippen LogP contribution is 2.30. The quantitative estimate of drug-likeness (QED) is 0.640. The zero-order valence-electron chi connectivity index (χ0n) is 6.51. The lowest BCUT2D eigenvalue weighted by Crippen LogP contribution is -2.08. The third-order valence-electron chi connectivity index (χ3n) is 1.98. The summed E-state index contributed by atoms with van der Waals surface area (Å²) >= 11 is 0. The zero-order valence-corrected chi connectivity index (χ0v) is 6.51. The Kier molecular flexibility index (Phi) is 1.64. The fraction of sp³-hybridized carbons (Fsp3) is 0.333. The van der Waals surface area contributed by atoms with E-state index in [1.165, 1.54) is 12.1 Å². The van der Waals surface area contributed by atoms with Gasteiger partial charge in [0.25, 0.3) is 0 Å². The van der Waals surface area contributed by atoms with Crippen LogP contribution in [0, 0.1) is 5.82 Å². The topological polar surface area (TPSA) is 29.5 Å². The SMILES string of the molecule is Oc1cc2c(cc1F)CCCO2. The molecule has 0 atom stereocenters. The Hall–Kier alpha value is -1.25. The van der Waals surface area contributed by atoms with Crippen LogP contribution in [-0.4, -0.2) is 11.7 Å². The molecule has 1 aromatic carbocycles. The summed E-state index contributed by atoms with van der Waals surface area (Å²) in [4.78, 5) is 0. The van der Waals surface area contributed by atoms with Gasteiger partial charge in [0.05, 0.1) is 6.61 Å². The average Bonchev–Trinajstić information content (AvgIpc) is 2.07. The third-order valence-corrected chi connectivity index (χ3v) is 1.98. The number of phenols is 1. The third kappa shape index (κ3) is 1.11. The molecule has 12 heavy (non-hydrogen) atoms. The number of hydrogen-bond acceptors (Lipinski definition) is 2. The van der Waals surface area contributed by atoms with Crippen LogP contribution in [0.3, 0.4) is 0 Å². The number of fused-ring (bicyclic) bond motifs is 1. The molecule has 1 aliphatic heterocycles. The standard InChI is InChI=1S/C9H9FO2/c10-7-4-6-2-1-3-12-9(6)5-8(7)11/h4-5,11H,1-3H2. The highest BCUT2D eigenvalue weighted by atomic mass is 19.1. The fourth-order valence-corrected chi connectivity index (χ4v) is 1.36. The molecule has 0 aromatic heterocycles. The Labute approximate surface area is 69.6 Å². The first-order valence-electron chi connectivity index (χ1n) is 3.91. The van der Waals surface area contributed by atoms with Crippen LogP contribution in [0.4, 0.5) is 4.39 Å². The lowest BCUT2D eigenvalue weighted by molar-refractivity contribution is 0.284. The Bertz CT molecular complexity index is 279. The first kappa shape index (κ1) is 7.40. The number of hydrogen-bond donors (Lipinski definition) is 1. The first-order chi connectivity index (χ1) is 5.77. The highest BCUT2D eigenvalue weighted by molar-refractivity contribution is 5.42. The highest BCUT2D eigenvalue weighted by Gasteiger charge is 2.13. The van der Waals surface area contributed by atoms with Crippen molar-refractivity contribution in [3.05, 3.63) is 23.5 Å². The smallest absolute Gasteiger partial charge is 0.165 e. The maximum Gasteiger partial charge on any atom is 0.165 e. The molecule has 1 aromatic rings. The minimum absolute atomic E-state index is 0.337. The van der Waals surface area contributed by atoms with Crippen LogP contribution in [0.2, 0.25) is 0 Å². The molecule has 1 aliphatic rings. The Morgan fingerprint density at radius 1 is 1.42 bits per heavy atom. The normalized spacial score (nSPS) is 15.1. The summed E-state index contributed by atoms with van der Waals surface area (Å²) < 4.78 is 18.0. The molecule has 1 N–H and O–H groups in total. The second-order valence-corrected chi connectivity index (χ2v) is 2.86. The van der Waals surface area contributed by atoms with Crippen molar-refractivity contribution in [1.29, 1.82) is 0 Å². The minimum atomic E-state index is -0.570. The van der Waals surface area contributed by atoms with Gasteiger partial charge >= 0.3 is 0 Å². The van der Waals surface area contributed by atoms with Gasteiger partial charge in [0, 0.05) is 6.07 Å². The second-order valence-electron chi connectivity index (χ2n) is 2.86. The predicted molar refractivity (Wildman–Crippen MR) is 41.9 cm³/mol. The molecule has 0 saturated heterocycles. The van der Waals surface area contributed by atoms with Gasteiger partial charge in [-0.1, -0.05) is 0 Å². The van der Waals surface area contributed by atoms with Gasteiger partial charge in [-0.2, -0.15) is 0 Å². The van der Waals surface area contributed by atoms with E-state index in [0.29, 0.717) is 12.4 Å². The van der Waals surface area contributed by atoms with Gasteiger partial charge in [-0.15, -0.1) is 0 Å². The van der Waals surface area contributed by atoms with Crippen LogP contribution >= 0.6 is 0 Å². The largest absolute Gasteiger partial charge is 0.505 e. The van der Waals surface area contributed by atoms with Gasteiger partial charge in [0.2, 0.25) is 0 Å². The van der Waals surface area contributed by atoms with E-state index in [1.807, 2.05) is 0 Å². The Morgan fingerprint density at radius 3 is 3.08 bits per heavy atom. The summed E-state index contributed by atoms with van der Waals surface area (Å²) in [5.41, 5.74) is 0.844. The molecule has 2 rings (SSSR count). The molecule has 0 aliphatic carbocycles. The molecule has 0 amide bonds. The lowest BCUT2D eigenvalue weighted by Gasteiger charge is -2.16. The lowest BCUT2D eigenvalue weighted by atomic mass is 10.1. The molecule has 0 spiro atoms. The number of rotatable bonds is 0. The first-order valence-corrected chi connectivity index (χ1v) is 3.91. The summed E-state index contributed by atoms with van der Waals surface area (Å²) in [6.45, 7) is 0.651. The number of aromatic hydroxyl groups is 1. The van der Waals surface area contributed by atoms with Crippen molar-refractivity contribution >= 4 is 0 Å². The number of ether oxygens (including phenoxy) is 1. The van der Waals surface area contributed by atoms with Crippen molar-refractivity contribution in [3.63, 3.8) is 0 Å². The number of phenolic OH excluding ortho intramolecular Hbond substituents is 1. The van der Waals surface area contributed by atoms with Crippen molar-refractivity contribution in [2.45, 2.75) is 12.8 Å². The predicted octanol–water partition coefficient (Wildman–Crippen LogP) is 1.86. The Balaban J connectivity index is 2.49. The van der Waals surface area contributed by atoms with E-state index < -0.39 is 5.82 Å². The van der Waals surface area contributed by atoms with Crippen molar-refractivity contribution < 1.29 is 14.2 Å².